The monoisotopic (exact) mass is 342 g/mol. The molecule has 2 aromatic rings. The summed E-state index contributed by atoms with van der Waals surface area (Å²) in [5.74, 6) is 0.124. The fourth-order valence-electron chi connectivity index (χ4n) is 3.20. The van der Waals surface area contributed by atoms with Gasteiger partial charge in [0.1, 0.15) is 0 Å². The maximum absolute atomic E-state index is 12.2. The number of thiophene rings is 1. The van der Waals surface area contributed by atoms with Gasteiger partial charge in [-0.3, -0.25) is 9.59 Å². The minimum absolute atomic E-state index is 0.0368. The van der Waals surface area contributed by atoms with Crippen LogP contribution in [0, 0.1) is 0 Å². The largest absolute Gasteiger partial charge is 0.352 e. The number of hydrogen-bond acceptors (Lipinski definition) is 3. The van der Waals surface area contributed by atoms with E-state index in [0.717, 1.165) is 18.4 Å². The lowest BCUT2D eigenvalue weighted by atomic mass is 9.85. The Morgan fingerprint density at radius 1 is 1.21 bits per heavy atom. The first kappa shape index (κ1) is 16.7. The zero-order chi connectivity index (χ0) is 16.8. The number of nitrogens with one attached hydrogen (secondary N) is 2. The SMILES string of the molecule is O=C(CC[C@]1(Cc2ccccc2)CCC(=O)N1)NCc1ccsc1. The van der Waals surface area contributed by atoms with Crippen molar-refractivity contribution in [3.63, 3.8) is 0 Å². The van der Waals surface area contributed by atoms with E-state index in [1.807, 2.05) is 35.0 Å². The van der Waals surface area contributed by atoms with Crippen LogP contribution in [-0.2, 0) is 22.6 Å². The summed E-state index contributed by atoms with van der Waals surface area (Å²) < 4.78 is 0. The van der Waals surface area contributed by atoms with Crippen molar-refractivity contribution < 1.29 is 9.59 Å². The highest BCUT2D eigenvalue weighted by Gasteiger charge is 2.37. The first-order valence-electron chi connectivity index (χ1n) is 8.28. The molecule has 0 bridgehead atoms. The lowest BCUT2D eigenvalue weighted by molar-refractivity contribution is -0.122. The number of carbonyl (C=O) groups is 2. The van der Waals surface area contributed by atoms with Crippen molar-refractivity contribution >= 4 is 23.2 Å². The third kappa shape index (κ3) is 4.45. The summed E-state index contributed by atoms with van der Waals surface area (Å²) in [6, 6.07) is 12.2. The quantitative estimate of drug-likeness (QED) is 0.812. The van der Waals surface area contributed by atoms with Gasteiger partial charge in [0.05, 0.1) is 0 Å². The van der Waals surface area contributed by atoms with Crippen molar-refractivity contribution in [3.05, 3.63) is 58.3 Å². The standard InChI is InChI=1S/C19H22N2O2S/c22-17(20-13-16-8-11-24-14-16)6-9-19(10-7-18(23)21-19)12-15-4-2-1-3-5-15/h1-5,8,11,14H,6-7,9-10,12-13H2,(H,20,22)(H,21,23)/t19-/m1/s1. The van der Waals surface area contributed by atoms with Crippen LogP contribution in [0.5, 0.6) is 0 Å². The molecule has 0 spiro atoms. The van der Waals surface area contributed by atoms with Gasteiger partial charge >= 0.3 is 0 Å². The zero-order valence-electron chi connectivity index (χ0n) is 13.6. The fourth-order valence-corrected chi connectivity index (χ4v) is 3.87. The topological polar surface area (TPSA) is 58.2 Å². The Kier molecular flexibility index (Phi) is 5.30. The van der Waals surface area contributed by atoms with Crippen LogP contribution in [0.3, 0.4) is 0 Å². The molecular formula is C19H22N2O2S. The van der Waals surface area contributed by atoms with Crippen LogP contribution in [0.4, 0.5) is 0 Å². The van der Waals surface area contributed by atoms with Gasteiger partial charge in [0.15, 0.2) is 0 Å². The van der Waals surface area contributed by atoms with Gasteiger partial charge in [-0.05, 0) is 47.2 Å². The highest BCUT2D eigenvalue weighted by atomic mass is 32.1. The van der Waals surface area contributed by atoms with E-state index in [2.05, 4.69) is 22.8 Å². The van der Waals surface area contributed by atoms with Crippen molar-refractivity contribution in [1.82, 2.24) is 10.6 Å². The Hall–Kier alpha value is -2.14. The van der Waals surface area contributed by atoms with E-state index in [-0.39, 0.29) is 17.4 Å². The Labute approximate surface area is 146 Å². The molecule has 2 amide bonds. The molecule has 1 aliphatic rings. The Balaban J connectivity index is 1.56. The molecule has 1 aromatic heterocycles. The van der Waals surface area contributed by atoms with Gasteiger partial charge in [-0.25, -0.2) is 0 Å². The Morgan fingerprint density at radius 2 is 2.04 bits per heavy atom. The second-order valence-electron chi connectivity index (χ2n) is 6.40. The molecule has 1 aromatic carbocycles. The second-order valence-corrected chi connectivity index (χ2v) is 7.18. The van der Waals surface area contributed by atoms with E-state index >= 15 is 0 Å². The van der Waals surface area contributed by atoms with Crippen LogP contribution in [0.1, 0.15) is 36.8 Å². The number of rotatable bonds is 7. The summed E-state index contributed by atoms with van der Waals surface area (Å²) in [7, 11) is 0. The van der Waals surface area contributed by atoms with Crippen molar-refractivity contribution in [2.45, 2.75) is 44.2 Å². The fraction of sp³-hybridized carbons (Fsp3) is 0.368. The summed E-state index contributed by atoms with van der Waals surface area (Å²) >= 11 is 1.63. The van der Waals surface area contributed by atoms with Gasteiger partial charge in [0.2, 0.25) is 11.8 Å². The van der Waals surface area contributed by atoms with Crippen molar-refractivity contribution in [3.8, 4) is 0 Å². The molecule has 1 atom stereocenters. The van der Waals surface area contributed by atoms with Gasteiger partial charge in [0, 0.05) is 24.9 Å². The van der Waals surface area contributed by atoms with E-state index in [1.54, 1.807) is 11.3 Å². The second kappa shape index (κ2) is 7.62. The molecule has 5 heteroatoms. The maximum atomic E-state index is 12.2. The molecule has 0 unspecified atom stereocenters. The van der Waals surface area contributed by atoms with Crippen LogP contribution < -0.4 is 10.6 Å². The lowest BCUT2D eigenvalue weighted by Crippen LogP contribution is -2.44. The molecule has 24 heavy (non-hydrogen) atoms. The number of hydrogen-bond donors (Lipinski definition) is 2. The van der Waals surface area contributed by atoms with Crippen LogP contribution in [0.25, 0.3) is 0 Å². The summed E-state index contributed by atoms with van der Waals surface area (Å²) in [5, 5.41) is 10.1. The number of carbonyl (C=O) groups excluding carboxylic acids is 2. The lowest BCUT2D eigenvalue weighted by Gasteiger charge is -2.29. The van der Waals surface area contributed by atoms with E-state index in [4.69, 9.17) is 0 Å². The van der Waals surface area contributed by atoms with Gasteiger partial charge in [-0.15, -0.1) is 0 Å². The molecule has 1 saturated heterocycles. The first-order chi connectivity index (χ1) is 11.7. The van der Waals surface area contributed by atoms with E-state index in [9.17, 15) is 9.59 Å². The third-order valence-electron chi connectivity index (χ3n) is 4.52. The molecule has 1 fully saturated rings. The minimum atomic E-state index is -0.293. The molecular weight excluding hydrogens is 320 g/mol. The normalized spacial score (nSPS) is 19.9. The highest BCUT2D eigenvalue weighted by Crippen LogP contribution is 2.29. The molecule has 0 radical (unpaired) electrons. The summed E-state index contributed by atoms with van der Waals surface area (Å²) in [5.41, 5.74) is 2.03. The first-order valence-corrected chi connectivity index (χ1v) is 9.22. The van der Waals surface area contributed by atoms with Gasteiger partial charge in [-0.1, -0.05) is 30.3 Å². The molecule has 2 heterocycles. The number of amides is 2. The van der Waals surface area contributed by atoms with E-state index in [1.165, 1.54) is 5.56 Å². The smallest absolute Gasteiger partial charge is 0.220 e. The molecule has 3 rings (SSSR count). The van der Waals surface area contributed by atoms with Crippen molar-refractivity contribution in [1.29, 1.82) is 0 Å². The summed E-state index contributed by atoms with van der Waals surface area (Å²) in [6.45, 7) is 0.570. The van der Waals surface area contributed by atoms with Crippen LogP contribution >= 0.6 is 11.3 Å². The summed E-state index contributed by atoms with van der Waals surface area (Å²) in [4.78, 5) is 23.9. The predicted molar refractivity (Wildman–Crippen MR) is 95.7 cm³/mol. The average molecular weight is 342 g/mol. The third-order valence-corrected chi connectivity index (χ3v) is 5.25. The predicted octanol–water partition coefficient (Wildman–Crippen LogP) is 3.04. The zero-order valence-corrected chi connectivity index (χ0v) is 14.4. The van der Waals surface area contributed by atoms with Gasteiger partial charge in [0.25, 0.3) is 0 Å². The van der Waals surface area contributed by atoms with Crippen LogP contribution in [0.2, 0.25) is 0 Å². The van der Waals surface area contributed by atoms with Gasteiger partial charge < -0.3 is 10.6 Å². The van der Waals surface area contributed by atoms with E-state index in [0.29, 0.717) is 25.8 Å². The summed E-state index contributed by atoms with van der Waals surface area (Å²) in [6.07, 6.45) is 3.21. The van der Waals surface area contributed by atoms with Crippen LogP contribution in [0.15, 0.2) is 47.2 Å². The molecule has 0 aliphatic carbocycles. The average Bonchev–Trinajstić information content (AvgIpc) is 3.22. The molecule has 1 aliphatic heterocycles. The van der Waals surface area contributed by atoms with Gasteiger partial charge in [-0.2, -0.15) is 11.3 Å². The Bertz CT molecular complexity index is 685. The minimum Gasteiger partial charge on any atom is -0.352 e. The number of benzene rings is 1. The van der Waals surface area contributed by atoms with Crippen LogP contribution in [-0.4, -0.2) is 17.4 Å². The highest BCUT2D eigenvalue weighted by molar-refractivity contribution is 7.07. The van der Waals surface area contributed by atoms with Crippen molar-refractivity contribution in [2.75, 3.05) is 0 Å². The molecule has 4 nitrogen and oxygen atoms in total. The Morgan fingerprint density at radius 3 is 2.71 bits per heavy atom. The molecule has 126 valence electrons. The molecule has 2 N–H and O–H groups in total. The van der Waals surface area contributed by atoms with E-state index < -0.39 is 0 Å². The van der Waals surface area contributed by atoms with Crippen molar-refractivity contribution in [2.24, 2.45) is 0 Å². The molecule has 0 saturated carbocycles. The maximum Gasteiger partial charge on any atom is 0.220 e.